The molecule has 4 amide bonds. The van der Waals surface area contributed by atoms with Crippen LogP contribution in [0, 0.1) is 22.7 Å². The Kier molecular flexibility index (Phi) is 8.87. The normalized spacial score (nSPS) is 30.8. The van der Waals surface area contributed by atoms with Crippen LogP contribution in [-0.2, 0) is 23.7 Å². The minimum atomic E-state index is -0.322. The van der Waals surface area contributed by atoms with E-state index in [1.54, 1.807) is 24.3 Å². The maximum atomic E-state index is 14.7. The van der Waals surface area contributed by atoms with Crippen molar-refractivity contribution < 1.29 is 19.2 Å². The van der Waals surface area contributed by atoms with Gasteiger partial charge in [-0.1, -0.05) is 105 Å². The Hall–Kier alpha value is -4.58. The van der Waals surface area contributed by atoms with E-state index in [4.69, 9.17) is 0 Å². The smallest absolute Gasteiger partial charge is 0.261 e. The molecule has 2 heterocycles. The number of benzene rings is 4. The van der Waals surface area contributed by atoms with Crippen LogP contribution in [0.3, 0.4) is 0 Å². The quantitative estimate of drug-likeness (QED) is 0.182. The maximum absolute atomic E-state index is 14.7. The number of fused-ring (bicyclic) bond motifs is 6. The fraction of sp³-hybridized carbons (Fsp3) is 0.519. The molecule has 0 saturated heterocycles. The van der Waals surface area contributed by atoms with E-state index < -0.39 is 0 Å². The maximum Gasteiger partial charge on any atom is 0.261 e. The van der Waals surface area contributed by atoms with Gasteiger partial charge in [0.15, 0.2) is 0 Å². The zero-order valence-corrected chi connectivity index (χ0v) is 37.1. The molecule has 0 bridgehead atoms. The summed E-state index contributed by atoms with van der Waals surface area (Å²) in [5, 5.41) is 0.926. The fourth-order valence-electron chi connectivity index (χ4n) is 14.4. The van der Waals surface area contributed by atoms with Crippen molar-refractivity contribution in [1.82, 2.24) is 9.80 Å². The van der Waals surface area contributed by atoms with Crippen molar-refractivity contribution in [2.24, 2.45) is 22.7 Å². The second-order valence-electron chi connectivity index (χ2n) is 21.6. The van der Waals surface area contributed by atoms with Crippen LogP contribution in [0.5, 0.6) is 0 Å². The van der Waals surface area contributed by atoms with Crippen LogP contribution in [0.4, 0.5) is 0 Å². The lowest BCUT2D eigenvalue weighted by molar-refractivity contribution is -0.0000927. The Morgan fingerprint density at radius 3 is 1.20 bits per heavy atom. The van der Waals surface area contributed by atoms with Gasteiger partial charge in [-0.3, -0.25) is 29.0 Å². The van der Waals surface area contributed by atoms with Gasteiger partial charge in [-0.05, 0) is 154 Å². The third-order valence-corrected chi connectivity index (χ3v) is 17.4. The summed E-state index contributed by atoms with van der Waals surface area (Å²) in [6.07, 6.45) is 10.3. The molecule has 2 aliphatic heterocycles. The summed E-state index contributed by atoms with van der Waals surface area (Å²) in [5.41, 5.74) is 9.61. The highest BCUT2D eigenvalue weighted by Crippen LogP contribution is 2.60. The average molecular weight is 803 g/mol. The van der Waals surface area contributed by atoms with Crippen LogP contribution in [0.1, 0.15) is 193 Å². The molecule has 6 nitrogen and oxygen atoms in total. The molecular weight excluding hydrogens is 741 g/mol. The Bertz CT molecular complexity index is 2310. The Balaban J connectivity index is 0.943. The summed E-state index contributed by atoms with van der Waals surface area (Å²) in [6, 6.07) is 21.1. The molecule has 0 spiro atoms. The van der Waals surface area contributed by atoms with E-state index in [0.717, 1.165) is 64.2 Å². The van der Waals surface area contributed by atoms with E-state index in [9.17, 15) is 19.2 Å². The van der Waals surface area contributed by atoms with Crippen molar-refractivity contribution in [1.29, 1.82) is 0 Å². The molecule has 4 aromatic carbocycles. The monoisotopic (exact) mass is 802 g/mol. The van der Waals surface area contributed by atoms with E-state index >= 15 is 0 Å². The number of aryl methyl sites for hydroxylation is 2. The molecule has 0 radical (unpaired) electrons. The molecule has 0 N–H and O–H groups in total. The van der Waals surface area contributed by atoms with Gasteiger partial charge in [0.2, 0.25) is 0 Å². The van der Waals surface area contributed by atoms with Gasteiger partial charge in [0.05, 0.1) is 0 Å². The molecule has 6 heteroatoms. The van der Waals surface area contributed by atoms with Gasteiger partial charge in [-0.2, -0.15) is 0 Å². The summed E-state index contributed by atoms with van der Waals surface area (Å²) in [7, 11) is 0. The van der Waals surface area contributed by atoms with E-state index in [-0.39, 0.29) is 45.3 Å². The molecule has 2 fully saturated rings. The molecule has 6 aliphatic rings. The minimum Gasteiger partial charge on any atom is -0.274 e. The molecule has 312 valence electrons. The predicted molar refractivity (Wildman–Crippen MR) is 238 cm³/mol. The number of amides is 4. The Labute approximate surface area is 356 Å². The zero-order valence-electron chi connectivity index (χ0n) is 37.1. The topological polar surface area (TPSA) is 74.8 Å². The summed E-state index contributed by atoms with van der Waals surface area (Å²) in [5.74, 6) is 0.309. The standard InChI is InChI=1S/C54H62N2O4/c1-31(2)33-11-19-41-35(27-33)13-21-43-51(5,23-9-25-53(41,43)7)29-55-47(57)37-15-17-39-46-40(18-16-38(45(37)46)48(55)58)50(60)56(49(39)59)30-52(6)24-10-26-54(8)42-20-12-34(32(3)4)28-36(42)14-22-44(52)54/h11-12,15-20,27-28,31-32,43-44H,9-10,13-14,21-26,29-30H2,1-8H3/t43-,44-,51+,52+,53+,54+/m0/s1. The van der Waals surface area contributed by atoms with E-state index in [1.807, 2.05) is 0 Å². The molecule has 2 saturated carbocycles. The molecule has 60 heavy (non-hydrogen) atoms. The molecule has 4 aromatic rings. The summed E-state index contributed by atoms with van der Waals surface area (Å²) in [6.45, 7) is 19.1. The highest BCUT2D eigenvalue weighted by atomic mass is 16.2. The second-order valence-corrected chi connectivity index (χ2v) is 21.6. The fourth-order valence-corrected chi connectivity index (χ4v) is 14.4. The van der Waals surface area contributed by atoms with Crippen LogP contribution in [0.2, 0.25) is 0 Å². The number of imide groups is 2. The molecule has 6 atom stereocenters. The highest BCUT2D eigenvalue weighted by molar-refractivity contribution is 6.33. The van der Waals surface area contributed by atoms with Crippen LogP contribution in [0.25, 0.3) is 10.8 Å². The van der Waals surface area contributed by atoms with Crippen molar-refractivity contribution >= 4 is 34.4 Å². The van der Waals surface area contributed by atoms with Crippen LogP contribution in [0.15, 0.2) is 60.7 Å². The van der Waals surface area contributed by atoms with Gasteiger partial charge >= 0.3 is 0 Å². The van der Waals surface area contributed by atoms with Crippen LogP contribution in [-0.4, -0.2) is 46.5 Å². The van der Waals surface area contributed by atoms with E-state index in [0.29, 0.717) is 69.8 Å². The SMILES string of the molecule is CC(C)c1ccc2c(c1)CC[C@H]1[C@@](C)(CN3C(=O)c4ccc5c6c(ccc(c46)C3=O)C(=O)N(C[C@@]3(C)CCC[C@]4(C)c6ccc(C(C)C)cc6CC[C@@H]34)C5=O)CCC[C@]21C. The van der Waals surface area contributed by atoms with Crippen molar-refractivity contribution in [3.05, 3.63) is 116 Å². The summed E-state index contributed by atoms with van der Waals surface area (Å²) < 4.78 is 0. The van der Waals surface area contributed by atoms with Gasteiger partial charge in [0.1, 0.15) is 0 Å². The first kappa shape index (κ1) is 39.5. The van der Waals surface area contributed by atoms with E-state index in [1.165, 1.54) is 43.2 Å². The lowest BCUT2D eigenvalue weighted by Crippen LogP contribution is -2.56. The number of carbonyl (C=O) groups is 4. The molecule has 10 rings (SSSR count). The highest BCUT2D eigenvalue weighted by Gasteiger charge is 2.55. The van der Waals surface area contributed by atoms with Gasteiger partial charge in [0, 0.05) is 46.1 Å². The third-order valence-electron chi connectivity index (χ3n) is 17.4. The third kappa shape index (κ3) is 5.50. The summed E-state index contributed by atoms with van der Waals surface area (Å²) in [4.78, 5) is 61.6. The molecule has 0 aromatic heterocycles. The Morgan fingerprint density at radius 1 is 0.517 bits per heavy atom. The van der Waals surface area contributed by atoms with Gasteiger partial charge in [-0.25, -0.2) is 0 Å². The average Bonchev–Trinajstić information content (AvgIpc) is 3.21. The number of nitrogens with zero attached hydrogens (tertiary/aromatic N) is 2. The predicted octanol–water partition coefficient (Wildman–Crippen LogP) is 11.7. The lowest BCUT2D eigenvalue weighted by Gasteiger charge is -2.56. The van der Waals surface area contributed by atoms with Crippen molar-refractivity contribution in [2.75, 3.05) is 13.1 Å². The van der Waals surface area contributed by atoms with Gasteiger partial charge in [-0.15, -0.1) is 0 Å². The minimum absolute atomic E-state index is 0.0321. The number of rotatable bonds is 6. The molecule has 4 aliphatic carbocycles. The second kappa shape index (κ2) is 13.5. The van der Waals surface area contributed by atoms with Crippen molar-refractivity contribution in [3.8, 4) is 0 Å². The van der Waals surface area contributed by atoms with Gasteiger partial charge < -0.3 is 0 Å². The number of hydrogen-bond acceptors (Lipinski definition) is 4. The van der Waals surface area contributed by atoms with Gasteiger partial charge in [0.25, 0.3) is 23.6 Å². The van der Waals surface area contributed by atoms with Crippen LogP contribution >= 0.6 is 0 Å². The Morgan fingerprint density at radius 2 is 0.867 bits per heavy atom. The first-order chi connectivity index (χ1) is 28.5. The largest absolute Gasteiger partial charge is 0.274 e. The molecule has 0 unspecified atom stereocenters. The lowest BCUT2D eigenvalue weighted by atomic mass is 9.49. The first-order valence-electron chi connectivity index (χ1n) is 23.1. The van der Waals surface area contributed by atoms with E-state index in [2.05, 4.69) is 91.8 Å². The number of hydrogen-bond donors (Lipinski definition) is 0. The summed E-state index contributed by atoms with van der Waals surface area (Å²) >= 11 is 0. The van der Waals surface area contributed by atoms with Crippen molar-refractivity contribution in [2.45, 2.75) is 142 Å². The molecular formula is C54H62N2O4. The zero-order chi connectivity index (χ0) is 42.3. The number of carbonyl (C=O) groups excluding carboxylic acids is 4. The van der Waals surface area contributed by atoms with Crippen LogP contribution < -0.4 is 0 Å². The van der Waals surface area contributed by atoms with Crippen molar-refractivity contribution in [3.63, 3.8) is 0 Å². The first-order valence-corrected chi connectivity index (χ1v) is 23.1.